The average molecular weight is 358 g/mol. The summed E-state index contributed by atoms with van der Waals surface area (Å²) in [7, 11) is 3.30. The molecule has 0 saturated carbocycles. The van der Waals surface area contributed by atoms with Crippen LogP contribution in [0.3, 0.4) is 0 Å². The van der Waals surface area contributed by atoms with Crippen molar-refractivity contribution in [2.24, 2.45) is 0 Å². The van der Waals surface area contributed by atoms with Crippen LogP contribution in [0.2, 0.25) is 0 Å². The van der Waals surface area contributed by atoms with Gasteiger partial charge in [-0.25, -0.2) is 4.39 Å². The third-order valence-corrected chi connectivity index (χ3v) is 5.51. The van der Waals surface area contributed by atoms with Crippen LogP contribution < -0.4 is 14.4 Å². The Morgan fingerprint density at radius 1 is 1.15 bits per heavy atom. The van der Waals surface area contributed by atoms with E-state index >= 15 is 0 Å². The maximum absolute atomic E-state index is 14.1. The lowest BCUT2D eigenvalue weighted by molar-refractivity contribution is -0.0768. The van der Waals surface area contributed by atoms with Crippen LogP contribution in [0, 0.1) is 5.82 Å². The molecular formula is C20H23FN2O3. The van der Waals surface area contributed by atoms with Crippen LogP contribution in [0.25, 0.3) is 0 Å². The Labute approximate surface area is 152 Å². The number of hydrogen-bond donors (Lipinski definition) is 0. The summed E-state index contributed by atoms with van der Waals surface area (Å²) in [5, 5.41) is 0. The van der Waals surface area contributed by atoms with Gasteiger partial charge in [-0.05, 0) is 48.6 Å². The number of pyridine rings is 1. The smallest absolute Gasteiger partial charge is 0.164 e. The third kappa shape index (κ3) is 2.78. The van der Waals surface area contributed by atoms with Crippen molar-refractivity contribution in [2.45, 2.75) is 24.9 Å². The van der Waals surface area contributed by atoms with Crippen LogP contribution in [0.15, 0.2) is 30.6 Å². The van der Waals surface area contributed by atoms with Gasteiger partial charge in [-0.15, -0.1) is 0 Å². The van der Waals surface area contributed by atoms with E-state index in [4.69, 9.17) is 14.2 Å². The molecule has 0 amide bonds. The van der Waals surface area contributed by atoms with E-state index in [1.807, 2.05) is 0 Å². The molecule has 1 fully saturated rings. The predicted octanol–water partition coefficient (Wildman–Crippen LogP) is 3.31. The summed E-state index contributed by atoms with van der Waals surface area (Å²) >= 11 is 0. The standard InChI is InChI=1S/C20H23FN2O3/c1-24-18-11-14-4-10-26-20(15(14)12-19(18)25-2)5-8-23(9-6-20)17-3-7-22-13-16(17)21/h3,7,11-13H,4-6,8-10H2,1-2H3. The number of nitrogens with zero attached hydrogens (tertiary/aromatic N) is 2. The summed E-state index contributed by atoms with van der Waals surface area (Å²) in [6.45, 7) is 2.15. The van der Waals surface area contributed by atoms with Crippen molar-refractivity contribution in [3.8, 4) is 11.5 Å². The van der Waals surface area contributed by atoms with E-state index in [0.29, 0.717) is 12.3 Å². The molecule has 2 aliphatic rings. The van der Waals surface area contributed by atoms with Gasteiger partial charge in [-0.3, -0.25) is 4.98 Å². The highest BCUT2D eigenvalue weighted by Crippen LogP contribution is 2.45. The fourth-order valence-corrected chi connectivity index (χ4v) is 4.13. The van der Waals surface area contributed by atoms with Gasteiger partial charge in [-0.2, -0.15) is 0 Å². The highest BCUT2D eigenvalue weighted by Gasteiger charge is 2.41. The second kappa shape index (κ2) is 6.76. The molecule has 26 heavy (non-hydrogen) atoms. The van der Waals surface area contributed by atoms with Gasteiger partial charge in [0.25, 0.3) is 0 Å². The number of methoxy groups -OCH3 is 2. The van der Waals surface area contributed by atoms with Crippen molar-refractivity contribution in [1.82, 2.24) is 4.98 Å². The Balaban J connectivity index is 1.63. The zero-order valence-corrected chi connectivity index (χ0v) is 15.1. The van der Waals surface area contributed by atoms with E-state index in [1.54, 1.807) is 26.5 Å². The number of anilines is 1. The third-order valence-electron chi connectivity index (χ3n) is 5.51. The molecule has 0 unspecified atom stereocenters. The van der Waals surface area contributed by atoms with Crippen molar-refractivity contribution < 1.29 is 18.6 Å². The second-order valence-electron chi connectivity index (χ2n) is 6.77. The molecule has 0 atom stereocenters. The van der Waals surface area contributed by atoms with Crippen LogP contribution in [0.5, 0.6) is 11.5 Å². The molecule has 2 aromatic rings. The zero-order valence-electron chi connectivity index (χ0n) is 15.1. The van der Waals surface area contributed by atoms with Gasteiger partial charge in [0.15, 0.2) is 17.3 Å². The summed E-state index contributed by atoms with van der Waals surface area (Å²) in [5.74, 6) is 1.19. The summed E-state index contributed by atoms with van der Waals surface area (Å²) in [6.07, 6.45) is 5.37. The second-order valence-corrected chi connectivity index (χ2v) is 6.77. The van der Waals surface area contributed by atoms with Gasteiger partial charge in [0.2, 0.25) is 0 Å². The summed E-state index contributed by atoms with van der Waals surface area (Å²) in [6, 6.07) is 5.85. The molecule has 0 radical (unpaired) electrons. The molecule has 3 heterocycles. The highest BCUT2D eigenvalue weighted by atomic mass is 19.1. The number of rotatable bonds is 3. The lowest BCUT2D eigenvalue weighted by Crippen LogP contribution is -2.47. The van der Waals surface area contributed by atoms with E-state index in [-0.39, 0.29) is 11.4 Å². The first-order valence-electron chi connectivity index (χ1n) is 8.91. The van der Waals surface area contributed by atoms with Crippen LogP contribution in [0.4, 0.5) is 10.1 Å². The van der Waals surface area contributed by atoms with Crippen molar-refractivity contribution in [3.63, 3.8) is 0 Å². The first-order chi connectivity index (χ1) is 12.7. The molecule has 5 nitrogen and oxygen atoms in total. The average Bonchev–Trinajstić information content (AvgIpc) is 2.68. The van der Waals surface area contributed by atoms with Gasteiger partial charge in [0.1, 0.15) is 0 Å². The fraction of sp³-hybridized carbons (Fsp3) is 0.450. The number of hydrogen-bond acceptors (Lipinski definition) is 5. The van der Waals surface area contributed by atoms with Crippen LogP contribution in [-0.2, 0) is 16.8 Å². The molecule has 0 N–H and O–H groups in total. The maximum Gasteiger partial charge on any atom is 0.164 e. The number of aromatic nitrogens is 1. The van der Waals surface area contributed by atoms with E-state index in [0.717, 1.165) is 43.9 Å². The molecule has 1 aromatic heterocycles. The predicted molar refractivity (Wildman–Crippen MR) is 96.5 cm³/mol. The van der Waals surface area contributed by atoms with Crippen molar-refractivity contribution in [1.29, 1.82) is 0 Å². The van der Waals surface area contributed by atoms with Crippen LogP contribution in [-0.4, -0.2) is 38.9 Å². The van der Waals surface area contributed by atoms with Gasteiger partial charge in [0.05, 0.1) is 38.3 Å². The lowest BCUT2D eigenvalue weighted by atomic mass is 9.79. The minimum absolute atomic E-state index is 0.278. The number of benzene rings is 1. The van der Waals surface area contributed by atoms with Crippen molar-refractivity contribution >= 4 is 5.69 Å². The SMILES string of the molecule is COc1cc2c(cc1OC)C1(CCN(c3ccncc3F)CC1)OCC2. The van der Waals surface area contributed by atoms with E-state index in [2.05, 4.69) is 22.0 Å². The number of fused-ring (bicyclic) bond motifs is 2. The van der Waals surface area contributed by atoms with E-state index in [1.165, 1.54) is 17.3 Å². The normalized spacial score (nSPS) is 18.5. The Bertz CT molecular complexity index is 804. The minimum atomic E-state index is -0.340. The molecule has 0 bridgehead atoms. The first kappa shape index (κ1) is 17.1. The maximum atomic E-state index is 14.1. The fourth-order valence-electron chi connectivity index (χ4n) is 4.13. The number of halogens is 1. The molecule has 1 aromatic carbocycles. The van der Waals surface area contributed by atoms with Gasteiger partial charge in [-0.1, -0.05) is 0 Å². The monoisotopic (exact) mass is 358 g/mol. The Morgan fingerprint density at radius 2 is 1.88 bits per heavy atom. The molecular weight excluding hydrogens is 335 g/mol. The molecule has 6 heteroatoms. The van der Waals surface area contributed by atoms with E-state index < -0.39 is 0 Å². The molecule has 4 rings (SSSR count). The Kier molecular flexibility index (Phi) is 4.44. The zero-order chi connectivity index (χ0) is 18.1. The number of piperidine rings is 1. The Morgan fingerprint density at radius 3 is 2.58 bits per heavy atom. The van der Waals surface area contributed by atoms with Crippen molar-refractivity contribution in [3.05, 3.63) is 47.5 Å². The molecule has 138 valence electrons. The largest absolute Gasteiger partial charge is 0.493 e. The van der Waals surface area contributed by atoms with E-state index in [9.17, 15) is 4.39 Å². The van der Waals surface area contributed by atoms with Gasteiger partial charge < -0.3 is 19.1 Å². The molecule has 2 aliphatic heterocycles. The minimum Gasteiger partial charge on any atom is -0.493 e. The summed E-state index contributed by atoms with van der Waals surface area (Å²) in [5.41, 5.74) is 2.69. The van der Waals surface area contributed by atoms with Gasteiger partial charge in [0, 0.05) is 19.3 Å². The molecule has 0 aliphatic carbocycles. The van der Waals surface area contributed by atoms with Crippen LogP contribution in [0.1, 0.15) is 24.0 Å². The van der Waals surface area contributed by atoms with Gasteiger partial charge >= 0.3 is 0 Å². The number of ether oxygens (including phenoxy) is 3. The summed E-state index contributed by atoms with van der Waals surface area (Å²) in [4.78, 5) is 5.91. The molecule has 1 saturated heterocycles. The quantitative estimate of drug-likeness (QED) is 0.842. The van der Waals surface area contributed by atoms with Crippen LogP contribution >= 0.6 is 0 Å². The highest BCUT2D eigenvalue weighted by molar-refractivity contribution is 5.52. The topological polar surface area (TPSA) is 43.8 Å². The first-order valence-corrected chi connectivity index (χ1v) is 8.91. The van der Waals surface area contributed by atoms with Crippen molar-refractivity contribution in [2.75, 3.05) is 38.8 Å². The Hall–Kier alpha value is -2.34. The molecule has 1 spiro atoms. The summed E-state index contributed by atoms with van der Waals surface area (Å²) < 4.78 is 31.3. The lowest BCUT2D eigenvalue weighted by Gasteiger charge is -2.45.